The maximum Gasteiger partial charge on any atom is 0.410 e. The minimum atomic E-state index is -0.360. The molecule has 2 bridgehead atoms. The van der Waals surface area contributed by atoms with Gasteiger partial charge in [0.2, 0.25) is 5.91 Å². The van der Waals surface area contributed by atoms with E-state index in [1.807, 2.05) is 30.3 Å². The van der Waals surface area contributed by atoms with Crippen molar-refractivity contribution in [2.45, 2.75) is 43.1 Å². The smallest absolute Gasteiger partial charge is 0.410 e. The standard InChI is InChI=1S/C17H21ClN2O3/c1-23-17(22)20-13-7-8-14(15(20)10-11(18)9-13)16(21)19-12-5-3-2-4-6-12/h2-6,11,13-15H,7-10H2,1H3,(H,19,21)/t11-,13-,14-,15-/m0/s1. The molecule has 1 N–H and O–H groups in total. The molecule has 2 saturated heterocycles. The number of anilines is 1. The van der Waals surface area contributed by atoms with Crippen molar-refractivity contribution < 1.29 is 14.3 Å². The molecule has 0 aliphatic carbocycles. The predicted molar refractivity (Wildman–Crippen MR) is 88.5 cm³/mol. The van der Waals surface area contributed by atoms with Crippen molar-refractivity contribution in [3.8, 4) is 0 Å². The van der Waals surface area contributed by atoms with E-state index in [0.29, 0.717) is 6.42 Å². The van der Waals surface area contributed by atoms with Gasteiger partial charge in [-0.2, -0.15) is 0 Å². The minimum absolute atomic E-state index is 0.00164. The number of carbonyl (C=O) groups is 2. The first-order valence-corrected chi connectivity index (χ1v) is 8.40. The van der Waals surface area contributed by atoms with E-state index in [4.69, 9.17) is 16.3 Å². The summed E-state index contributed by atoms with van der Waals surface area (Å²) in [6.45, 7) is 0. The van der Waals surface area contributed by atoms with Gasteiger partial charge < -0.3 is 15.0 Å². The summed E-state index contributed by atoms with van der Waals surface area (Å²) in [7, 11) is 1.38. The van der Waals surface area contributed by atoms with E-state index < -0.39 is 0 Å². The normalized spacial score (nSPS) is 29.7. The monoisotopic (exact) mass is 336 g/mol. The second kappa shape index (κ2) is 6.79. The van der Waals surface area contributed by atoms with Crippen molar-refractivity contribution in [3.05, 3.63) is 30.3 Å². The van der Waals surface area contributed by atoms with Crippen molar-refractivity contribution in [1.29, 1.82) is 0 Å². The fraction of sp³-hybridized carbons (Fsp3) is 0.529. The molecule has 0 saturated carbocycles. The molecule has 0 unspecified atom stereocenters. The Hall–Kier alpha value is -1.75. The number of ether oxygens (including phenoxy) is 1. The summed E-state index contributed by atoms with van der Waals surface area (Å²) in [6, 6.07) is 9.25. The molecular weight excluding hydrogens is 316 g/mol. The average Bonchev–Trinajstić information content (AvgIpc) is 2.54. The highest BCUT2D eigenvalue weighted by Gasteiger charge is 2.47. The Morgan fingerprint density at radius 1 is 1.22 bits per heavy atom. The number of methoxy groups -OCH3 is 1. The van der Waals surface area contributed by atoms with E-state index >= 15 is 0 Å². The molecule has 0 spiro atoms. The van der Waals surface area contributed by atoms with Crippen LogP contribution in [0.15, 0.2) is 30.3 Å². The Kier molecular flexibility index (Phi) is 4.76. The molecule has 5 nitrogen and oxygen atoms in total. The molecule has 2 amide bonds. The number of rotatable bonds is 2. The lowest BCUT2D eigenvalue weighted by Gasteiger charge is -2.49. The zero-order valence-corrected chi connectivity index (χ0v) is 13.8. The molecule has 6 heteroatoms. The van der Waals surface area contributed by atoms with E-state index in [1.54, 1.807) is 4.90 Å². The predicted octanol–water partition coefficient (Wildman–Crippen LogP) is 3.24. The molecule has 0 aromatic heterocycles. The Labute approximate surface area is 140 Å². The number of hydrogen-bond donors (Lipinski definition) is 1. The largest absolute Gasteiger partial charge is 0.453 e. The summed E-state index contributed by atoms with van der Waals surface area (Å²) in [4.78, 5) is 26.6. The minimum Gasteiger partial charge on any atom is -0.453 e. The first-order chi connectivity index (χ1) is 11.1. The first-order valence-electron chi connectivity index (χ1n) is 7.96. The fourth-order valence-corrected chi connectivity index (χ4v) is 4.17. The number of piperidine rings is 2. The topological polar surface area (TPSA) is 58.6 Å². The summed E-state index contributed by atoms with van der Waals surface area (Å²) >= 11 is 6.35. The van der Waals surface area contributed by atoms with Crippen molar-refractivity contribution in [3.63, 3.8) is 0 Å². The van der Waals surface area contributed by atoms with Gasteiger partial charge in [-0.1, -0.05) is 18.2 Å². The van der Waals surface area contributed by atoms with Crippen LogP contribution in [-0.4, -0.2) is 41.5 Å². The van der Waals surface area contributed by atoms with Crippen LogP contribution >= 0.6 is 11.6 Å². The van der Waals surface area contributed by atoms with E-state index in [1.165, 1.54) is 7.11 Å². The van der Waals surface area contributed by atoms with E-state index in [-0.39, 0.29) is 35.4 Å². The molecule has 1 aromatic carbocycles. The third-order valence-corrected chi connectivity index (χ3v) is 5.17. The number of carbonyl (C=O) groups excluding carboxylic acids is 2. The number of alkyl halides is 1. The Bertz CT molecular complexity index is 580. The van der Waals surface area contributed by atoms with Crippen molar-refractivity contribution in [2.75, 3.05) is 12.4 Å². The highest BCUT2D eigenvalue weighted by molar-refractivity contribution is 6.20. The average molecular weight is 337 g/mol. The van der Waals surface area contributed by atoms with Crippen molar-refractivity contribution >= 4 is 29.3 Å². The molecule has 1 aromatic rings. The molecule has 23 heavy (non-hydrogen) atoms. The Balaban J connectivity index is 1.78. The van der Waals surface area contributed by atoms with Crippen molar-refractivity contribution in [2.24, 2.45) is 5.92 Å². The van der Waals surface area contributed by atoms with Crippen LogP contribution in [0.5, 0.6) is 0 Å². The lowest BCUT2D eigenvalue weighted by Crippen LogP contribution is -2.60. The van der Waals surface area contributed by atoms with E-state index in [0.717, 1.165) is 24.9 Å². The number of nitrogens with one attached hydrogen (secondary N) is 1. The molecule has 124 valence electrons. The molecule has 2 aliphatic heterocycles. The molecule has 3 rings (SSSR count). The van der Waals surface area contributed by atoms with Gasteiger partial charge in [-0.25, -0.2) is 4.79 Å². The number of para-hydroxylation sites is 1. The molecule has 2 aliphatic rings. The van der Waals surface area contributed by atoms with Crippen LogP contribution in [0.1, 0.15) is 25.7 Å². The van der Waals surface area contributed by atoms with Crippen molar-refractivity contribution in [1.82, 2.24) is 4.90 Å². The quantitative estimate of drug-likeness (QED) is 0.843. The van der Waals surface area contributed by atoms with Crippen LogP contribution in [0, 0.1) is 5.92 Å². The maximum atomic E-state index is 12.7. The fourth-order valence-electron chi connectivity index (χ4n) is 3.78. The third-order valence-electron chi connectivity index (χ3n) is 4.81. The van der Waals surface area contributed by atoms with Gasteiger partial charge in [0.15, 0.2) is 0 Å². The van der Waals surface area contributed by atoms with Gasteiger partial charge in [-0.05, 0) is 37.8 Å². The number of nitrogens with zero attached hydrogens (tertiary/aromatic N) is 1. The highest BCUT2D eigenvalue weighted by atomic mass is 35.5. The van der Waals surface area contributed by atoms with Gasteiger partial charge in [0.05, 0.1) is 13.0 Å². The highest BCUT2D eigenvalue weighted by Crippen LogP contribution is 2.40. The van der Waals surface area contributed by atoms with Gasteiger partial charge in [0.25, 0.3) is 0 Å². The zero-order chi connectivity index (χ0) is 16.4. The number of hydrogen-bond acceptors (Lipinski definition) is 3. The molecule has 0 radical (unpaired) electrons. The second-order valence-electron chi connectivity index (χ2n) is 6.21. The van der Waals surface area contributed by atoms with Gasteiger partial charge in [-0.15, -0.1) is 11.6 Å². The second-order valence-corrected chi connectivity index (χ2v) is 6.82. The van der Waals surface area contributed by atoms with Gasteiger partial charge >= 0.3 is 6.09 Å². The SMILES string of the molecule is COC(=O)N1[C@H]2CC[C@H](C(=O)Nc3ccccc3)[C@@H]1C[C@@H](Cl)C2. The summed E-state index contributed by atoms with van der Waals surface area (Å²) in [5, 5.41) is 2.94. The first kappa shape index (κ1) is 16.1. The van der Waals surface area contributed by atoms with Gasteiger partial charge in [0.1, 0.15) is 0 Å². The summed E-state index contributed by atoms with van der Waals surface area (Å²) < 4.78 is 4.92. The van der Waals surface area contributed by atoms with Crippen LogP contribution in [0.2, 0.25) is 0 Å². The van der Waals surface area contributed by atoms with Gasteiger partial charge in [-0.3, -0.25) is 4.79 Å². The zero-order valence-electron chi connectivity index (χ0n) is 13.1. The molecule has 4 atom stereocenters. The van der Waals surface area contributed by atoms with E-state index in [2.05, 4.69) is 5.32 Å². The number of benzene rings is 1. The lowest BCUT2D eigenvalue weighted by molar-refractivity contribution is -0.125. The summed E-state index contributed by atoms with van der Waals surface area (Å²) in [5.41, 5.74) is 0.766. The number of fused-ring (bicyclic) bond motifs is 2. The Morgan fingerprint density at radius 2 is 1.96 bits per heavy atom. The van der Waals surface area contributed by atoms with Crippen LogP contribution < -0.4 is 5.32 Å². The summed E-state index contributed by atoms with van der Waals surface area (Å²) in [5.74, 6) is -0.313. The van der Waals surface area contributed by atoms with Crippen LogP contribution in [-0.2, 0) is 9.53 Å². The van der Waals surface area contributed by atoms with E-state index in [9.17, 15) is 9.59 Å². The van der Waals surface area contributed by atoms with Crippen LogP contribution in [0.25, 0.3) is 0 Å². The summed E-state index contributed by atoms with van der Waals surface area (Å²) in [6.07, 6.45) is 2.58. The molecule has 2 heterocycles. The molecular formula is C17H21ClN2O3. The van der Waals surface area contributed by atoms with Gasteiger partial charge in [0, 0.05) is 23.1 Å². The Morgan fingerprint density at radius 3 is 2.65 bits per heavy atom. The maximum absolute atomic E-state index is 12.7. The van der Waals surface area contributed by atoms with Crippen LogP contribution in [0.4, 0.5) is 10.5 Å². The number of amides is 2. The third kappa shape index (κ3) is 3.29. The lowest BCUT2D eigenvalue weighted by atomic mass is 9.77. The van der Waals surface area contributed by atoms with Crippen LogP contribution in [0.3, 0.4) is 0 Å². The number of halogens is 1. The molecule has 2 fully saturated rings.